The van der Waals surface area contributed by atoms with Gasteiger partial charge in [0.05, 0.1) is 7.11 Å². The van der Waals surface area contributed by atoms with Crippen LogP contribution in [0.2, 0.25) is 0 Å². The van der Waals surface area contributed by atoms with Crippen molar-refractivity contribution in [3.8, 4) is 16.9 Å². The zero-order valence-electron chi connectivity index (χ0n) is 22.6. The number of fused-ring (bicyclic) bond motifs is 7. The normalized spacial score (nSPS) is 23.3. The van der Waals surface area contributed by atoms with Gasteiger partial charge in [0.1, 0.15) is 12.4 Å². The van der Waals surface area contributed by atoms with Gasteiger partial charge in [0.25, 0.3) is 0 Å². The van der Waals surface area contributed by atoms with E-state index in [1.807, 2.05) is 24.3 Å². The van der Waals surface area contributed by atoms with Crippen molar-refractivity contribution in [3.05, 3.63) is 89.0 Å². The minimum Gasteiger partial charge on any atom is -0.449 e. The van der Waals surface area contributed by atoms with Crippen LogP contribution in [0.15, 0.2) is 66.7 Å². The fourth-order valence-electron chi connectivity index (χ4n) is 7.23. The molecule has 39 heavy (non-hydrogen) atoms. The van der Waals surface area contributed by atoms with Gasteiger partial charge in [-0.05, 0) is 70.7 Å². The van der Waals surface area contributed by atoms with Gasteiger partial charge in [-0.15, -0.1) is 0 Å². The molecule has 2 bridgehead atoms. The van der Waals surface area contributed by atoms with Gasteiger partial charge in [0.15, 0.2) is 0 Å². The van der Waals surface area contributed by atoms with Crippen molar-refractivity contribution < 1.29 is 23.8 Å². The molecule has 6 heteroatoms. The van der Waals surface area contributed by atoms with Gasteiger partial charge in [0.2, 0.25) is 0 Å². The van der Waals surface area contributed by atoms with Crippen molar-refractivity contribution >= 4 is 12.2 Å². The van der Waals surface area contributed by atoms with E-state index in [0.717, 1.165) is 37.7 Å². The highest BCUT2D eigenvalue weighted by Crippen LogP contribution is 2.48. The zero-order valence-corrected chi connectivity index (χ0v) is 22.6. The number of alkyl carbamates (subject to hydrolysis) is 1. The Bertz CT molecular complexity index is 1350. The van der Waals surface area contributed by atoms with Crippen molar-refractivity contribution in [3.63, 3.8) is 0 Å². The van der Waals surface area contributed by atoms with Crippen molar-refractivity contribution in [2.45, 2.75) is 62.8 Å². The van der Waals surface area contributed by atoms with Gasteiger partial charge in [-0.25, -0.2) is 9.59 Å². The third-order valence-electron chi connectivity index (χ3n) is 9.09. The summed E-state index contributed by atoms with van der Waals surface area (Å²) in [5, 5.41) is 3.32. The Balaban J connectivity index is 1.24. The second kappa shape index (κ2) is 10.4. The molecule has 6 rings (SSSR count). The summed E-state index contributed by atoms with van der Waals surface area (Å²) in [4.78, 5) is 25.2. The van der Waals surface area contributed by atoms with Crippen molar-refractivity contribution in [1.29, 1.82) is 0 Å². The lowest BCUT2D eigenvalue weighted by Gasteiger charge is -2.49. The van der Waals surface area contributed by atoms with E-state index in [2.05, 4.69) is 54.7 Å². The van der Waals surface area contributed by atoms with Gasteiger partial charge in [-0.1, -0.05) is 80.8 Å². The first kappa shape index (κ1) is 25.5. The summed E-state index contributed by atoms with van der Waals surface area (Å²) < 4.78 is 16.0. The van der Waals surface area contributed by atoms with Crippen LogP contribution in [0.1, 0.15) is 67.2 Å². The molecule has 202 valence electrons. The Morgan fingerprint density at radius 1 is 0.949 bits per heavy atom. The first-order valence-electron chi connectivity index (χ1n) is 14.0. The van der Waals surface area contributed by atoms with Crippen molar-refractivity contribution in [1.82, 2.24) is 5.32 Å². The summed E-state index contributed by atoms with van der Waals surface area (Å²) in [6.07, 6.45) is 5.17. The summed E-state index contributed by atoms with van der Waals surface area (Å²) in [7, 11) is 1.30. The van der Waals surface area contributed by atoms with Crippen molar-refractivity contribution in [2.24, 2.45) is 5.92 Å². The average Bonchev–Trinajstić information content (AvgIpc) is 3.27. The van der Waals surface area contributed by atoms with E-state index >= 15 is 0 Å². The third kappa shape index (κ3) is 4.66. The van der Waals surface area contributed by atoms with Crippen LogP contribution in [-0.2, 0) is 21.3 Å². The van der Waals surface area contributed by atoms with Crippen LogP contribution in [0.4, 0.5) is 9.59 Å². The summed E-state index contributed by atoms with van der Waals surface area (Å²) in [5.74, 6) is 0.798. The Hall–Kier alpha value is -3.80. The molecule has 3 aromatic carbocycles. The Morgan fingerprint density at radius 2 is 1.67 bits per heavy atom. The van der Waals surface area contributed by atoms with Gasteiger partial charge in [-0.3, -0.25) is 0 Å². The van der Waals surface area contributed by atoms with Crippen LogP contribution < -0.4 is 10.1 Å². The van der Waals surface area contributed by atoms with Crippen LogP contribution in [0.3, 0.4) is 0 Å². The van der Waals surface area contributed by atoms with Crippen LogP contribution >= 0.6 is 0 Å². The highest BCUT2D eigenvalue weighted by molar-refractivity contribution is 5.79. The first-order chi connectivity index (χ1) is 19.0. The monoisotopic (exact) mass is 525 g/mol. The van der Waals surface area contributed by atoms with Crippen molar-refractivity contribution in [2.75, 3.05) is 13.7 Å². The van der Waals surface area contributed by atoms with E-state index in [1.165, 1.54) is 41.3 Å². The van der Waals surface area contributed by atoms with E-state index in [4.69, 9.17) is 14.2 Å². The molecule has 3 atom stereocenters. The maximum absolute atomic E-state index is 13.4. The number of hydrogen-bond acceptors (Lipinski definition) is 5. The Kier molecular flexibility index (Phi) is 6.79. The number of carbonyl (C=O) groups excluding carboxylic acids is 2. The maximum Gasteiger partial charge on any atom is 0.513 e. The number of methoxy groups -OCH3 is 1. The molecule has 0 unspecified atom stereocenters. The smallest absolute Gasteiger partial charge is 0.449 e. The molecule has 0 heterocycles. The minimum atomic E-state index is -0.736. The molecule has 0 radical (unpaired) electrons. The molecule has 6 nitrogen and oxygen atoms in total. The number of carbonyl (C=O) groups is 2. The van der Waals surface area contributed by atoms with E-state index in [-0.39, 0.29) is 23.5 Å². The highest BCUT2D eigenvalue weighted by atomic mass is 16.7. The van der Waals surface area contributed by atoms with E-state index in [9.17, 15) is 9.59 Å². The number of ether oxygens (including phenoxy) is 3. The summed E-state index contributed by atoms with van der Waals surface area (Å²) in [5.41, 5.74) is 6.91. The number of benzene rings is 3. The van der Waals surface area contributed by atoms with Crippen LogP contribution in [0.5, 0.6) is 5.75 Å². The molecular formula is C33H35NO5. The Morgan fingerprint density at radius 3 is 2.38 bits per heavy atom. The number of nitrogens with one attached hydrogen (secondary N) is 1. The lowest BCUT2D eigenvalue weighted by Crippen LogP contribution is -2.57. The molecule has 1 fully saturated rings. The molecule has 3 aromatic rings. The van der Waals surface area contributed by atoms with Gasteiger partial charge >= 0.3 is 12.2 Å². The van der Waals surface area contributed by atoms with Gasteiger partial charge < -0.3 is 19.5 Å². The topological polar surface area (TPSA) is 73.9 Å². The van der Waals surface area contributed by atoms with E-state index in [1.54, 1.807) is 0 Å². The second-order valence-electron chi connectivity index (χ2n) is 11.3. The quantitative estimate of drug-likeness (QED) is 0.290. The molecule has 3 aliphatic rings. The minimum absolute atomic E-state index is 0.0225. The number of rotatable bonds is 4. The molecule has 3 aliphatic carbocycles. The van der Waals surface area contributed by atoms with Gasteiger partial charge in [0, 0.05) is 17.4 Å². The lowest BCUT2D eigenvalue weighted by atomic mass is 9.59. The van der Waals surface area contributed by atoms with Crippen LogP contribution in [-0.4, -0.2) is 32.0 Å². The number of amides is 1. The number of hydrogen-bond donors (Lipinski definition) is 1. The summed E-state index contributed by atoms with van der Waals surface area (Å²) >= 11 is 0. The maximum atomic E-state index is 13.4. The van der Waals surface area contributed by atoms with E-state index in [0.29, 0.717) is 18.3 Å². The standard InChI is InChI=1S/C33H35NO5/c1-33-17-9-3-4-10-22(18-21-15-16-23(19-29(21)33)39-32(36)37-2)30(33)34-31(35)38-20-28-26-13-7-5-11-24(26)25-12-6-8-14-27(25)28/h5-8,11-16,19,22,28,30H,3-4,9-10,17-18,20H2,1-2H3,(H,34,35)/t22-,30-,33+/m0/s1. The Labute approximate surface area is 229 Å². The first-order valence-corrected chi connectivity index (χ1v) is 14.0. The fraction of sp³-hybridized carbons (Fsp3) is 0.394. The van der Waals surface area contributed by atoms with E-state index < -0.39 is 6.16 Å². The predicted molar refractivity (Wildman–Crippen MR) is 149 cm³/mol. The predicted octanol–water partition coefficient (Wildman–Crippen LogP) is 7.13. The summed E-state index contributed by atoms with van der Waals surface area (Å²) in [6, 6.07) is 22.5. The molecule has 0 aromatic heterocycles. The molecule has 1 saturated carbocycles. The molecule has 1 amide bonds. The molecule has 0 aliphatic heterocycles. The highest BCUT2D eigenvalue weighted by Gasteiger charge is 2.47. The van der Waals surface area contributed by atoms with Crippen LogP contribution in [0, 0.1) is 5.92 Å². The fourth-order valence-corrected chi connectivity index (χ4v) is 7.23. The third-order valence-corrected chi connectivity index (χ3v) is 9.09. The molecule has 1 N–H and O–H groups in total. The molecule has 0 spiro atoms. The zero-order chi connectivity index (χ0) is 27.0. The molecular weight excluding hydrogens is 490 g/mol. The average molecular weight is 526 g/mol. The molecule has 0 saturated heterocycles. The lowest BCUT2D eigenvalue weighted by molar-refractivity contribution is 0.112. The van der Waals surface area contributed by atoms with Gasteiger partial charge in [-0.2, -0.15) is 0 Å². The summed E-state index contributed by atoms with van der Waals surface area (Å²) in [6.45, 7) is 2.53. The SMILES string of the molecule is COC(=O)Oc1ccc2c(c1)[C@@]1(C)CCCCC[C@@H](C2)[C@@H]1NC(=O)OCC1c2ccccc2-c2ccccc21. The second-order valence-corrected chi connectivity index (χ2v) is 11.3. The van der Waals surface area contributed by atoms with Crippen LogP contribution in [0.25, 0.3) is 11.1 Å². The largest absolute Gasteiger partial charge is 0.513 e.